The third kappa shape index (κ3) is 3.82. The number of methoxy groups -OCH3 is 1. The fourth-order valence-corrected chi connectivity index (χ4v) is 2.78. The number of carboxylic acids is 1. The third-order valence-electron chi connectivity index (χ3n) is 4.17. The van der Waals surface area contributed by atoms with E-state index in [0.29, 0.717) is 18.6 Å². The second-order valence-corrected chi connectivity index (χ2v) is 5.72. The molecule has 0 radical (unpaired) electrons. The number of carbonyl (C=O) groups is 2. The summed E-state index contributed by atoms with van der Waals surface area (Å²) in [6.45, 7) is 4.03. The predicted molar refractivity (Wildman–Crippen MR) is 84.4 cm³/mol. The molecular formula is C17H23NO5. The number of carboxylic acid groups (broad SMARTS) is 1. The molecule has 1 fully saturated rings. The number of amides is 1. The van der Waals surface area contributed by atoms with Crippen LogP contribution in [0.1, 0.15) is 25.3 Å². The van der Waals surface area contributed by atoms with Crippen LogP contribution in [0.2, 0.25) is 0 Å². The van der Waals surface area contributed by atoms with Crippen molar-refractivity contribution in [2.24, 2.45) is 0 Å². The first-order valence-corrected chi connectivity index (χ1v) is 7.76. The Balaban J connectivity index is 2.15. The van der Waals surface area contributed by atoms with Crippen LogP contribution in [0.25, 0.3) is 0 Å². The molecule has 1 aromatic rings. The Bertz CT molecular complexity index is 574. The minimum atomic E-state index is -1.01. The molecule has 0 spiro atoms. The maximum atomic E-state index is 12.8. The monoisotopic (exact) mass is 321 g/mol. The van der Waals surface area contributed by atoms with Crippen LogP contribution in [0.4, 0.5) is 0 Å². The van der Waals surface area contributed by atoms with E-state index in [4.69, 9.17) is 9.47 Å². The quantitative estimate of drug-likeness (QED) is 0.865. The molecule has 0 bridgehead atoms. The summed E-state index contributed by atoms with van der Waals surface area (Å²) in [5, 5.41) is 9.34. The van der Waals surface area contributed by atoms with Crippen LogP contribution in [0, 0.1) is 6.92 Å². The van der Waals surface area contributed by atoms with Gasteiger partial charge in [0.2, 0.25) is 0 Å². The number of rotatable bonds is 6. The van der Waals surface area contributed by atoms with Crippen molar-refractivity contribution in [2.45, 2.75) is 44.9 Å². The van der Waals surface area contributed by atoms with Gasteiger partial charge in [-0.2, -0.15) is 0 Å². The van der Waals surface area contributed by atoms with Gasteiger partial charge in [0.15, 0.2) is 6.10 Å². The maximum absolute atomic E-state index is 12.8. The lowest BCUT2D eigenvalue weighted by atomic mass is 10.1. The molecule has 1 aromatic carbocycles. The second kappa shape index (κ2) is 7.46. The van der Waals surface area contributed by atoms with Crippen molar-refractivity contribution < 1.29 is 24.2 Å². The Morgan fingerprint density at radius 2 is 2.09 bits per heavy atom. The molecule has 1 aliphatic rings. The summed E-state index contributed by atoms with van der Waals surface area (Å²) in [6.07, 6.45) is -0.184. The van der Waals surface area contributed by atoms with Gasteiger partial charge in [-0.1, -0.05) is 25.1 Å². The van der Waals surface area contributed by atoms with E-state index in [1.165, 1.54) is 12.0 Å². The molecule has 0 aliphatic carbocycles. The Morgan fingerprint density at radius 3 is 2.65 bits per heavy atom. The fourth-order valence-electron chi connectivity index (χ4n) is 2.78. The van der Waals surface area contributed by atoms with Gasteiger partial charge in [-0.15, -0.1) is 0 Å². The first kappa shape index (κ1) is 17.3. The molecule has 1 N–H and O–H groups in total. The van der Waals surface area contributed by atoms with Crippen LogP contribution in [0.3, 0.4) is 0 Å². The van der Waals surface area contributed by atoms with Gasteiger partial charge in [-0.25, -0.2) is 4.79 Å². The van der Waals surface area contributed by atoms with E-state index < -0.39 is 18.1 Å². The van der Waals surface area contributed by atoms with Gasteiger partial charge < -0.3 is 19.5 Å². The molecule has 1 heterocycles. The summed E-state index contributed by atoms with van der Waals surface area (Å²) < 4.78 is 11.1. The number of benzene rings is 1. The number of hydrogen-bond acceptors (Lipinski definition) is 4. The van der Waals surface area contributed by atoms with Gasteiger partial charge in [0, 0.05) is 20.1 Å². The number of hydrogen-bond donors (Lipinski definition) is 1. The molecule has 1 amide bonds. The minimum Gasteiger partial charge on any atom is -0.480 e. The normalized spacial score (nSPS) is 22.0. The van der Waals surface area contributed by atoms with Crippen LogP contribution in [0.5, 0.6) is 5.75 Å². The van der Waals surface area contributed by atoms with Crippen LogP contribution in [-0.2, 0) is 14.3 Å². The lowest BCUT2D eigenvalue weighted by molar-refractivity contribution is -0.151. The van der Waals surface area contributed by atoms with Crippen LogP contribution in [0.15, 0.2) is 24.3 Å². The molecule has 1 saturated heterocycles. The number of para-hydroxylation sites is 1. The molecule has 1 aliphatic heterocycles. The van der Waals surface area contributed by atoms with Crippen LogP contribution >= 0.6 is 0 Å². The standard InChI is InChI=1S/C17H23NO5/c1-4-14(23-15-8-6-5-7-11(15)2)16(19)18-10-12(22-3)9-13(18)17(20)21/h5-8,12-14H,4,9-10H2,1-3H3,(H,20,21). The van der Waals surface area contributed by atoms with Crippen molar-refractivity contribution in [3.63, 3.8) is 0 Å². The zero-order valence-electron chi connectivity index (χ0n) is 13.7. The van der Waals surface area contributed by atoms with Gasteiger partial charge >= 0.3 is 5.97 Å². The number of likely N-dealkylation sites (tertiary alicyclic amines) is 1. The topological polar surface area (TPSA) is 76.1 Å². The highest BCUT2D eigenvalue weighted by atomic mass is 16.5. The van der Waals surface area contributed by atoms with Crippen molar-refractivity contribution in [1.29, 1.82) is 0 Å². The van der Waals surface area contributed by atoms with Crippen molar-refractivity contribution in [2.75, 3.05) is 13.7 Å². The Kier molecular flexibility index (Phi) is 5.60. The molecule has 6 nitrogen and oxygen atoms in total. The number of nitrogens with zero attached hydrogens (tertiary/aromatic N) is 1. The third-order valence-corrected chi connectivity index (χ3v) is 4.17. The van der Waals surface area contributed by atoms with E-state index >= 15 is 0 Å². The number of carbonyl (C=O) groups excluding carboxylic acids is 1. The van der Waals surface area contributed by atoms with Crippen molar-refractivity contribution in [3.05, 3.63) is 29.8 Å². The number of ether oxygens (including phenoxy) is 2. The summed E-state index contributed by atoms with van der Waals surface area (Å²) in [5.74, 6) is -0.673. The molecule has 6 heteroatoms. The number of aliphatic carboxylic acids is 1. The van der Waals surface area contributed by atoms with Crippen molar-refractivity contribution >= 4 is 11.9 Å². The smallest absolute Gasteiger partial charge is 0.326 e. The largest absolute Gasteiger partial charge is 0.480 e. The summed E-state index contributed by atoms with van der Waals surface area (Å²) >= 11 is 0. The van der Waals surface area contributed by atoms with Gasteiger partial charge in [-0.3, -0.25) is 4.79 Å². The summed E-state index contributed by atoms with van der Waals surface area (Å²) in [4.78, 5) is 25.5. The van der Waals surface area contributed by atoms with Crippen LogP contribution < -0.4 is 4.74 Å². The molecule has 3 atom stereocenters. The Hall–Kier alpha value is -2.08. The molecule has 126 valence electrons. The molecule has 3 unspecified atom stereocenters. The van der Waals surface area contributed by atoms with Crippen molar-refractivity contribution in [3.8, 4) is 5.75 Å². The highest BCUT2D eigenvalue weighted by Gasteiger charge is 2.42. The molecular weight excluding hydrogens is 298 g/mol. The van der Waals surface area contributed by atoms with E-state index in [9.17, 15) is 14.7 Å². The van der Waals surface area contributed by atoms with E-state index in [1.54, 1.807) is 0 Å². The first-order chi connectivity index (χ1) is 11.0. The van der Waals surface area contributed by atoms with Gasteiger partial charge in [0.1, 0.15) is 11.8 Å². The first-order valence-electron chi connectivity index (χ1n) is 7.76. The molecule has 2 rings (SSSR count). The van der Waals surface area contributed by atoms with E-state index in [0.717, 1.165) is 5.56 Å². The minimum absolute atomic E-state index is 0.254. The zero-order valence-corrected chi connectivity index (χ0v) is 13.7. The number of aryl methyl sites for hydroxylation is 1. The highest BCUT2D eigenvalue weighted by Crippen LogP contribution is 2.24. The Labute approximate surface area is 136 Å². The average Bonchev–Trinajstić information content (AvgIpc) is 2.98. The predicted octanol–water partition coefficient (Wildman–Crippen LogP) is 1.85. The Morgan fingerprint density at radius 1 is 1.39 bits per heavy atom. The van der Waals surface area contributed by atoms with Gasteiger partial charge in [-0.05, 0) is 25.0 Å². The zero-order chi connectivity index (χ0) is 17.0. The van der Waals surface area contributed by atoms with E-state index in [-0.39, 0.29) is 18.6 Å². The second-order valence-electron chi connectivity index (χ2n) is 5.72. The van der Waals surface area contributed by atoms with Crippen LogP contribution in [-0.4, -0.2) is 53.8 Å². The lowest BCUT2D eigenvalue weighted by Crippen LogP contribution is -2.47. The summed E-state index contributed by atoms with van der Waals surface area (Å²) in [7, 11) is 1.53. The fraction of sp³-hybridized carbons (Fsp3) is 0.529. The van der Waals surface area contributed by atoms with Gasteiger partial charge in [0.05, 0.1) is 6.10 Å². The average molecular weight is 321 g/mol. The molecule has 23 heavy (non-hydrogen) atoms. The molecule has 0 aromatic heterocycles. The SMILES string of the molecule is CCC(Oc1ccccc1C)C(=O)N1CC(OC)CC1C(=O)O. The van der Waals surface area contributed by atoms with E-state index in [1.807, 2.05) is 38.1 Å². The van der Waals surface area contributed by atoms with Gasteiger partial charge in [0.25, 0.3) is 5.91 Å². The molecule has 0 saturated carbocycles. The van der Waals surface area contributed by atoms with E-state index in [2.05, 4.69) is 0 Å². The van der Waals surface area contributed by atoms with Crippen molar-refractivity contribution in [1.82, 2.24) is 4.90 Å². The lowest BCUT2D eigenvalue weighted by Gasteiger charge is -2.27. The summed E-state index contributed by atoms with van der Waals surface area (Å²) in [5.41, 5.74) is 0.935. The maximum Gasteiger partial charge on any atom is 0.326 e. The summed E-state index contributed by atoms with van der Waals surface area (Å²) in [6, 6.07) is 6.60. The highest BCUT2D eigenvalue weighted by molar-refractivity contribution is 5.87.